The number of hydrogen-bond acceptors (Lipinski definition) is 4. The number of benzene rings is 1. The lowest BCUT2D eigenvalue weighted by Gasteiger charge is -2.37. The van der Waals surface area contributed by atoms with Crippen LogP contribution in [0.1, 0.15) is 26.7 Å². The fourth-order valence-electron chi connectivity index (χ4n) is 2.87. The Morgan fingerprint density at radius 3 is 2.81 bits per heavy atom. The van der Waals surface area contributed by atoms with E-state index in [1.54, 1.807) is 19.1 Å². The molecule has 3 N–H and O–H groups in total. The number of nitrogens with one attached hydrogen (secondary N) is 1. The molecule has 0 spiro atoms. The van der Waals surface area contributed by atoms with Gasteiger partial charge in [-0.25, -0.2) is 13.1 Å². The van der Waals surface area contributed by atoms with Gasteiger partial charge in [-0.2, -0.15) is 0 Å². The van der Waals surface area contributed by atoms with Gasteiger partial charge in [-0.05, 0) is 37.8 Å². The van der Waals surface area contributed by atoms with E-state index in [1.807, 2.05) is 19.1 Å². The number of anilines is 1. The largest absolute Gasteiger partial charge is 0.370 e. The zero-order valence-corrected chi connectivity index (χ0v) is 13.6. The lowest BCUT2D eigenvalue weighted by atomic mass is 9.92. The summed E-state index contributed by atoms with van der Waals surface area (Å²) >= 11 is 0. The number of nitrogens with two attached hydrogens (primary N) is 1. The number of nitrogens with zero attached hydrogens (tertiary/aromatic N) is 1. The van der Waals surface area contributed by atoms with Gasteiger partial charge >= 0.3 is 0 Å². The molecule has 1 aromatic carbocycles. The van der Waals surface area contributed by atoms with Crippen molar-refractivity contribution < 1.29 is 8.42 Å². The second kappa shape index (κ2) is 6.77. The quantitative estimate of drug-likeness (QED) is 0.865. The molecule has 0 bridgehead atoms. The summed E-state index contributed by atoms with van der Waals surface area (Å²) in [5, 5.41) is 0. The minimum Gasteiger partial charge on any atom is -0.370 e. The van der Waals surface area contributed by atoms with Crippen LogP contribution in [0, 0.1) is 5.92 Å². The molecule has 1 aliphatic rings. The van der Waals surface area contributed by atoms with E-state index in [0.29, 0.717) is 17.4 Å². The van der Waals surface area contributed by atoms with Gasteiger partial charge in [0, 0.05) is 25.7 Å². The Bertz CT molecular complexity index is 572. The fourth-order valence-corrected chi connectivity index (χ4v) is 4.14. The first-order valence-corrected chi connectivity index (χ1v) is 9.03. The molecular weight excluding hydrogens is 286 g/mol. The van der Waals surface area contributed by atoms with E-state index in [4.69, 9.17) is 5.73 Å². The van der Waals surface area contributed by atoms with Crippen LogP contribution >= 0.6 is 0 Å². The Morgan fingerprint density at radius 2 is 2.14 bits per heavy atom. The second-order valence-corrected chi connectivity index (χ2v) is 7.41. The van der Waals surface area contributed by atoms with Gasteiger partial charge in [-0.15, -0.1) is 0 Å². The topological polar surface area (TPSA) is 75.4 Å². The molecule has 1 heterocycles. The average Bonchev–Trinajstić information content (AvgIpc) is 2.47. The van der Waals surface area contributed by atoms with Crippen LogP contribution in [0.4, 0.5) is 5.69 Å². The summed E-state index contributed by atoms with van der Waals surface area (Å²) in [4.78, 5) is 2.51. The first kappa shape index (κ1) is 16.3. The molecule has 118 valence electrons. The first-order valence-electron chi connectivity index (χ1n) is 7.55. The van der Waals surface area contributed by atoms with Crippen molar-refractivity contribution in [3.63, 3.8) is 0 Å². The van der Waals surface area contributed by atoms with E-state index in [9.17, 15) is 8.42 Å². The molecule has 1 aromatic rings. The van der Waals surface area contributed by atoms with Crippen LogP contribution in [-0.4, -0.2) is 34.1 Å². The van der Waals surface area contributed by atoms with Gasteiger partial charge in [0.25, 0.3) is 0 Å². The molecule has 0 amide bonds. The van der Waals surface area contributed by atoms with Gasteiger partial charge in [0.05, 0.1) is 5.69 Å². The maximum Gasteiger partial charge on any atom is 0.242 e. The molecule has 6 heteroatoms. The van der Waals surface area contributed by atoms with Gasteiger partial charge < -0.3 is 10.6 Å². The molecule has 0 aromatic heterocycles. The molecule has 0 aliphatic carbocycles. The smallest absolute Gasteiger partial charge is 0.242 e. The maximum absolute atomic E-state index is 12.3. The average molecular weight is 311 g/mol. The Morgan fingerprint density at radius 1 is 1.43 bits per heavy atom. The van der Waals surface area contributed by atoms with Gasteiger partial charge in [-0.1, -0.05) is 19.1 Å². The highest BCUT2D eigenvalue weighted by atomic mass is 32.2. The van der Waals surface area contributed by atoms with Crippen LogP contribution < -0.4 is 15.4 Å². The predicted octanol–water partition coefficient (Wildman–Crippen LogP) is 1.55. The maximum atomic E-state index is 12.3. The highest BCUT2D eigenvalue weighted by Crippen LogP contribution is 2.29. The molecule has 1 fully saturated rings. The number of sulfonamides is 1. The van der Waals surface area contributed by atoms with E-state index in [0.717, 1.165) is 31.6 Å². The molecule has 0 saturated carbocycles. The molecule has 2 rings (SSSR count). The zero-order valence-electron chi connectivity index (χ0n) is 12.7. The Balaban J connectivity index is 2.32. The summed E-state index contributed by atoms with van der Waals surface area (Å²) in [6, 6.07) is 7.33. The third-order valence-electron chi connectivity index (χ3n) is 4.03. The van der Waals surface area contributed by atoms with Crippen LogP contribution in [0.25, 0.3) is 0 Å². The standard InChI is InChI=1S/C15H25N3O2S/c1-3-17-21(19,20)15-9-5-4-8-14(15)18-10-6-7-13(11-18)12(2)16/h4-5,8-9,12-13,17H,3,6-7,10-11,16H2,1-2H3. The third kappa shape index (κ3) is 3.75. The van der Waals surface area contributed by atoms with Crippen molar-refractivity contribution in [1.82, 2.24) is 4.72 Å². The fraction of sp³-hybridized carbons (Fsp3) is 0.600. The molecule has 21 heavy (non-hydrogen) atoms. The van der Waals surface area contributed by atoms with Crippen LogP contribution in [0.3, 0.4) is 0 Å². The van der Waals surface area contributed by atoms with Gasteiger partial charge in [0.1, 0.15) is 4.90 Å². The zero-order chi connectivity index (χ0) is 15.5. The molecular formula is C15H25N3O2S. The minimum atomic E-state index is -3.45. The highest BCUT2D eigenvalue weighted by Gasteiger charge is 2.26. The first-order chi connectivity index (χ1) is 9.95. The van der Waals surface area contributed by atoms with Gasteiger partial charge in [-0.3, -0.25) is 0 Å². The Kier molecular flexibility index (Phi) is 5.24. The molecule has 2 unspecified atom stereocenters. The molecule has 2 atom stereocenters. The highest BCUT2D eigenvalue weighted by molar-refractivity contribution is 7.89. The van der Waals surface area contributed by atoms with E-state index in [2.05, 4.69) is 9.62 Å². The van der Waals surface area contributed by atoms with E-state index < -0.39 is 10.0 Å². The monoisotopic (exact) mass is 311 g/mol. The summed E-state index contributed by atoms with van der Waals surface area (Å²) in [7, 11) is -3.45. The van der Waals surface area contributed by atoms with E-state index in [1.165, 1.54) is 0 Å². The summed E-state index contributed by atoms with van der Waals surface area (Å²) in [6.07, 6.45) is 2.15. The number of para-hydroxylation sites is 1. The third-order valence-corrected chi connectivity index (χ3v) is 5.62. The predicted molar refractivity (Wildman–Crippen MR) is 85.9 cm³/mol. The van der Waals surface area contributed by atoms with Crippen molar-refractivity contribution in [3.8, 4) is 0 Å². The minimum absolute atomic E-state index is 0.130. The molecule has 0 radical (unpaired) electrons. The van der Waals surface area contributed by atoms with Crippen LogP contribution in [0.2, 0.25) is 0 Å². The van der Waals surface area contributed by atoms with E-state index in [-0.39, 0.29) is 6.04 Å². The SMILES string of the molecule is CCNS(=O)(=O)c1ccccc1N1CCCC(C(C)N)C1. The summed E-state index contributed by atoms with van der Waals surface area (Å²) < 4.78 is 27.3. The molecule has 5 nitrogen and oxygen atoms in total. The summed E-state index contributed by atoms with van der Waals surface area (Å²) in [5.41, 5.74) is 6.80. The Hall–Kier alpha value is -1.11. The van der Waals surface area contributed by atoms with Crippen molar-refractivity contribution in [2.24, 2.45) is 11.7 Å². The van der Waals surface area contributed by atoms with Gasteiger partial charge in [0.2, 0.25) is 10.0 Å². The number of hydrogen-bond donors (Lipinski definition) is 2. The van der Waals surface area contributed by atoms with Crippen LogP contribution in [-0.2, 0) is 10.0 Å². The van der Waals surface area contributed by atoms with Crippen molar-refractivity contribution in [3.05, 3.63) is 24.3 Å². The lowest BCUT2D eigenvalue weighted by molar-refractivity contribution is 0.363. The lowest BCUT2D eigenvalue weighted by Crippen LogP contribution is -2.43. The Labute approximate surface area is 127 Å². The van der Waals surface area contributed by atoms with Gasteiger partial charge in [0.15, 0.2) is 0 Å². The summed E-state index contributed by atoms with van der Waals surface area (Å²) in [6.45, 7) is 5.89. The molecule has 1 aliphatic heterocycles. The van der Waals surface area contributed by atoms with E-state index >= 15 is 0 Å². The second-order valence-electron chi connectivity index (χ2n) is 5.68. The number of piperidine rings is 1. The van der Waals surface area contributed by atoms with Crippen molar-refractivity contribution >= 4 is 15.7 Å². The van der Waals surface area contributed by atoms with Crippen molar-refractivity contribution in [2.75, 3.05) is 24.5 Å². The van der Waals surface area contributed by atoms with Crippen molar-refractivity contribution in [1.29, 1.82) is 0 Å². The van der Waals surface area contributed by atoms with Crippen LogP contribution in [0.15, 0.2) is 29.2 Å². The van der Waals surface area contributed by atoms with Crippen LogP contribution in [0.5, 0.6) is 0 Å². The van der Waals surface area contributed by atoms with Crippen molar-refractivity contribution in [2.45, 2.75) is 37.6 Å². The normalized spacial score (nSPS) is 21.3. The molecule has 1 saturated heterocycles. The summed E-state index contributed by atoms with van der Waals surface area (Å²) in [5.74, 6) is 0.411. The number of rotatable bonds is 5.